The highest BCUT2D eigenvalue weighted by molar-refractivity contribution is 6.29. The van der Waals surface area contributed by atoms with E-state index in [9.17, 15) is 4.79 Å². The average Bonchev–Trinajstić information content (AvgIpc) is 2.63. The number of rotatable bonds is 2. The molecular weight excluding hydrogens is 240 g/mol. The first kappa shape index (κ1) is 12.0. The molecule has 1 aliphatic rings. The van der Waals surface area contributed by atoms with E-state index in [2.05, 4.69) is 15.3 Å². The molecule has 0 spiro atoms. The molecule has 17 heavy (non-hydrogen) atoms. The largest absolute Gasteiger partial charge is 0.324 e. The van der Waals surface area contributed by atoms with Crippen molar-refractivity contribution in [2.24, 2.45) is 11.7 Å². The van der Waals surface area contributed by atoms with Crippen molar-refractivity contribution >= 4 is 23.5 Å². The van der Waals surface area contributed by atoms with Crippen LogP contribution in [0.2, 0.25) is 5.15 Å². The summed E-state index contributed by atoms with van der Waals surface area (Å²) in [7, 11) is 0. The van der Waals surface area contributed by atoms with Gasteiger partial charge in [0, 0.05) is 11.7 Å². The molecule has 6 heteroatoms. The number of aryl methyl sites for hydroxylation is 1. The van der Waals surface area contributed by atoms with Gasteiger partial charge in [-0.05, 0) is 19.4 Å². The molecule has 0 bridgehead atoms. The molecule has 1 aromatic heterocycles. The zero-order valence-corrected chi connectivity index (χ0v) is 10.1. The number of amides is 1. The van der Waals surface area contributed by atoms with Crippen molar-refractivity contribution in [3.05, 3.63) is 29.1 Å². The summed E-state index contributed by atoms with van der Waals surface area (Å²) >= 11 is 5.78. The van der Waals surface area contributed by atoms with E-state index in [1.54, 1.807) is 19.1 Å². The molecule has 90 valence electrons. The molecule has 1 heterocycles. The minimum Gasteiger partial charge on any atom is -0.324 e. The van der Waals surface area contributed by atoms with Crippen LogP contribution in [-0.2, 0) is 4.79 Å². The van der Waals surface area contributed by atoms with Gasteiger partial charge >= 0.3 is 0 Å². The number of carbonyl (C=O) groups is 1. The summed E-state index contributed by atoms with van der Waals surface area (Å²) in [5.41, 5.74) is 6.39. The van der Waals surface area contributed by atoms with Crippen LogP contribution in [0.4, 0.5) is 5.95 Å². The average molecular weight is 253 g/mol. The van der Waals surface area contributed by atoms with Gasteiger partial charge in [0.05, 0.1) is 5.92 Å². The Morgan fingerprint density at radius 1 is 1.53 bits per heavy atom. The third-order valence-corrected chi connectivity index (χ3v) is 2.71. The highest BCUT2D eigenvalue weighted by Crippen LogP contribution is 2.18. The van der Waals surface area contributed by atoms with E-state index in [0.717, 1.165) is 0 Å². The fourth-order valence-electron chi connectivity index (χ4n) is 1.71. The van der Waals surface area contributed by atoms with Crippen LogP contribution in [0.25, 0.3) is 0 Å². The maximum absolute atomic E-state index is 11.8. The van der Waals surface area contributed by atoms with Crippen LogP contribution in [0, 0.1) is 12.8 Å². The molecule has 5 nitrogen and oxygen atoms in total. The van der Waals surface area contributed by atoms with Crippen molar-refractivity contribution in [2.45, 2.75) is 19.4 Å². The quantitative estimate of drug-likeness (QED) is 0.614. The van der Waals surface area contributed by atoms with Crippen LogP contribution in [0.15, 0.2) is 18.2 Å². The lowest BCUT2D eigenvalue weighted by atomic mass is 10.1. The molecule has 2 rings (SSSR count). The monoisotopic (exact) mass is 252 g/mol. The topological polar surface area (TPSA) is 80.9 Å². The van der Waals surface area contributed by atoms with Gasteiger partial charge in [0.1, 0.15) is 5.15 Å². The number of nitrogens with two attached hydrogens (primary N) is 1. The SMILES string of the molecule is Cc1cc(Cl)nc(NC(=O)C2C=CC(N)C2)n1. The Hall–Kier alpha value is -1.46. The van der Waals surface area contributed by atoms with Gasteiger partial charge in [-0.15, -0.1) is 0 Å². The van der Waals surface area contributed by atoms with Gasteiger partial charge in [0.2, 0.25) is 11.9 Å². The zero-order valence-electron chi connectivity index (χ0n) is 9.35. The fourth-order valence-corrected chi connectivity index (χ4v) is 1.95. The van der Waals surface area contributed by atoms with Crippen molar-refractivity contribution < 1.29 is 4.79 Å². The molecule has 1 amide bonds. The summed E-state index contributed by atoms with van der Waals surface area (Å²) in [6, 6.07) is 1.58. The second kappa shape index (κ2) is 4.81. The van der Waals surface area contributed by atoms with Crippen molar-refractivity contribution in [2.75, 3.05) is 5.32 Å². The summed E-state index contributed by atoms with van der Waals surface area (Å²) in [4.78, 5) is 19.9. The molecule has 0 saturated heterocycles. The first-order valence-electron chi connectivity index (χ1n) is 5.30. The van der Waals surface area contributed by atoms with E-state index in [0.29, 0.717) is 17.3 Å². The highest BCUT2D eigenvalue weighted by atomic mass is 35.5. The predicted molar refractivity (Wildman–Crippen MR) is 65.6 cm³/mol. The number of hydrogen-bond acceptors (Lipinski definition) is 4. The van der Waals surface area contributed by atoms with Gasteiger partial charge < -0.3 is 5.73 Å². The van der Waals surface area contributed by atoms with Gasteiger partial charge in [-0.3, -0.25) is 10.1 Å². The zero-order chi connectivity index (χ0) is 12.4. The summed E-state index contributed by atoms with van der Waals surface area (Å²) in [6.07, 6.45) is 4.25. The number of anilines is 1. The van der Waals surface area contributed by atoms with E-state index in [1.807, 2.05) is 6.08 Å². The maximum atomic E-state index is 11.8. The van der Waals surface area contributed by atoms with Crippen molar-refractivity contribution in [1.82, 2.24) is 9.97 Å². The summed E-state index contributed by atoms with van der Waals surface area (Å²) < 4.78 is 0. The molecule has 3 N–H and O–H groups in total. The number of nitrogens with one attached hydrogen (secondary N) is 1. The highest BCUT2D eigenvalue weighted by Gasteiger charge is 2.23. The van der Waals surface area contributed by atoms with Crippen LogP contribution in [-0.4, -0.2) is 21.9 Å². The molecule has 2 atom stereocenters. The maximum Gasteiger partial charge on any atom is 0.233 e. The van der Waals surface area contributed by atoms with E-state index >= 15 is 0 Å². The molecule has 0 aliphatic heterocycles. The van der Waals surface area contributed by atoms with Crippen LogP contribution in [0.5, 0.6) is 0 Å². The van der Waals surface area contributed by atoms with Crippen molar-refractivity contribution in [3.8, 4) is 0 Å². The Kier molecular flexibility index (Phi) is 3.40. The van der Waals surface area contributed by atoms with Gasteiger partial charge in [0.25, 0.3) is 0 Å². The van der Waals surface area contributed by atoms with E-state index < -0.39 is 0 Å². The summed E-state index contributed by atoms with van der Waals surface area (Å²) in [5, 5.41) is 2.95. The van der Waals surface area contributed by atoms with Gasteiger partial charge in [-0.25, -0.2) is 9.97 Å². The first-order valence-corrected chi connectivity index (χ1v) is 5.68. The Labute approximate surface area is 104 Å². The van der Waals surface area contributed by atoms with E-state index in [4.69, 9.17) is 17.3 Å². The molecule has 1 aromatic rings. The van der Waals surface area contributed by atoms with Crippen LogP contribution < -0.4 is 11.1 Å². The van der Waals surface area contributed by atoms with Crippen LogP contribution in [0.1, 0.15) is 12.1 Å². The third kappa shape index (κ3) is 3.01. The molecule has 0 radical (unpaired) electrons. The molecule has 2 unspecified atom stereocenters. The van der Waals surface area contributed by atoms with Crippen LogP contribution >= 0.6 is 11.6 Å². The normalized spacial score (nSPS) is 22.8. The van der Waals surface area contributed by atoms with Crippen LogP contribution in [0.3, 0.4) is 0 Å². The minimum atomic E-state index is -0.215. The Bertz CT molecular complexity index is 454. The number of aromatic nitrogens is 2. The number of carbonyl (C=O) groups excluding carboxylic acids is 1. The second-order valence-corrected chi connectivity index (χ2v) is 4.42. The van der Waals surface area contributed by atoms with Crippen molar-refractivity contribution in [3.63, 3.8) is 0 Å². The standard InChI is InChI=1S/C11H13ClN4O/c1-6-4-9(12)15-11(14-6)16-10(17)7-2-3-8(13)5-7/h2-4,7-8H,5,13H2,1H3,(H,14,15,16,17). The second-order valence-electron chi connectivity index (χ2n) is 4.04. The smallest absolute Gasteiger partial charge is 0.233 e. The first-order chi connectivity index (χ1) is 8.04. The number of nitrogens with zero attached hydrogens (tertiary/aromatic N) is 2. The van der Waals surface area contributed by atoms with Gasteiger partial charge in [-0.1, -0.05) is 23.8 Å². The summed E-state index contributed by atoms with van der Waals surface area (Å²) in [5.74, 6) is -0.141. The summed E-state index contributed by atoms with van der Waals surface area (Å²) in [6.45, 7) is 1.79. The van der Waals surface area contributed by atoms with E-state index in [-0.39, 0.29) is 23.8 Å². The van der Waals surface area contributed by atoms with Gasteiger partial charge in [0.15, 0.2) is 0 Å². The molecule has 0 fully saturated rings. The van der Waals surface area contributed by atoms with Gasteiger partial charge in [-0.2, -0.15) is 0 Å². The lowest BCUT2D eigenvalue weighted by Gasteiger charge is -2.09. The Morgan fingerprint density at radius 3 is 2.88 bits per heavy atom. The Balaban J connectivity index is 2.05. The molecular formula is C11H13ClN4O. The minimum absolute atomic E-state index is 0.0484. The Morgan fingerprint density at radius 2 is 2.29 bits per heavy atom. The van der Waals surface area contributed by atoms with E-state index in [1.165, 1.54) is 0 Å². The molecule has 0 aromatic carbocycles. The number of halogens is 1. The lowest BCUT2D eigenvalue weighted by Crippen LogP contribution is -2.24. The number of hydrogen-bond donors (Lipinski definition) is 2. The fraction of sp³-hybridized carbons (Fsp3) is 0.364. The lowest BCUT2D eigenvalue weighted by molar-refractivity contribution is -0.118. The van der Waals surface area contributed by atoms with Crippen molar-refractivity contribution in [1.29, 1.82) is 0 Å². The third-order valence-electron chi connectivity index (χ3n) is 2.51. The predicted octanol–water partition coefficient (Wildman–Crippen LogP) is 1.28. The molecule has 1 aliphatic carbocycles. The molecule has 0 saturated carbocycles.